The topological polar surface area (TPSA) is 122 Å². The molecule has 1 saturated heterocycles. The molecule has 2 aromatic carbocycles. The molecule has 4 amide bonds. The Kier molecular flexibility index (Phi) is 7.54. The number of imide groups is 1. The molecular weight excluding hydrogens is 450 g/mol. The van der Waals surface area contributed by atoms with Gasteiger partial charge in [0, 0.05) is 18.9 Å². The van der Waals surface area contributed by atoms with Gasteiger partial charge in [-0.05, 0) is 42.7 Å². The average Bonchev–Trinajstić information content (AvgIpc) is 3.48. The zero-order chi connectivity index (χ0) is 24.8. The summed E-state index contributed by atoms with van der Waals surface area (Å²) < 4.78 is 5.11. The summed E-state index contributed by atoms with van der Waals surface area (Å²) in [5, 5.41) is 5.63. The Labute approximate surface area is 202 Å². The number of hydrogen-bond acceptors (Lipinski definition) is 6. The number of anilines is 1. The van der Waals surface area contributed by atoms with Gasteiger partial charge < -0.3 is 15.4 Å². The summed E-state index contributed by atoms with van der Waals surface area (Å²) in [5.41, 5.74) is 1.64. The molecule has 1 saturated carbocycles. The van der Waals surface area contributed by atoms with Crippen molar-refractivity contribution in [3.63, 3.8) is 0 Å². The number of nitrogens with zero attached hydrogens (tertiary/aromatic N) is 1. The molecule has 9 nitrogen and oxygen atoms in total. The predicted molar refractivity (Wildman–Crippen MR) is 126 cm³/mol. The summed E-state index contributed by atoms with van der Waals surface area (Å²) in [4.78, 5) is 62.1. The minimum absolute atomic E-state index is 0.148. The van der Waals surface area contributed by atoms with Crippen LogP contribution >= 0.6 is 0 Å². The van der Waals surface area contributed by atoms with E-state index >= 15 is 0 Å². The summed E-state index contributed by atoms with van der Waals surface area (Å²) in [7, 11) is 0. The van der Waals surface area contributed by atoms with Crippen LogP contribution in [-0.4, -0.2) is 47.1 Å². The molecule has 1 heterocycles. The normalized spacial score (nSPS) is 15.8. The minimum atomic E-state index is -0.688. The third-order valence-electron chi connectivity index (χ3n) is 6.16. The van der Waals surface area contributed by atoms with Gasteiger partial charge in [-0.15, -0.1) is 0 Å². The smallest absolute Gasteiger partial charge is 0.338 e. The van der Waals surface area contributed by atoms with E-state index in [-0.39, 0.29) is 48.7 Å². The van der Waals surface area contributed by atoms with E-state index in [1.807, 2.05) is 0 Å². The van der Waals surface area contributed by atoms with Crippen molar-refractivity contribution in [3.05, 3.63) is 65.2 Å². The summed E-state index contributed by atoms with van der Waals surface area (Å²) in [6.45, 7) is -0.362. The lowest BCUT2D eigenvalue weighted by Gasteiger charge is -2.15. The third kappa shape index (κ3) is 6.11. The molecule has 2 N–H and O–H groups in total. The number of carbonyl (C=O) groups excluding carboxylic acids is 5. The minimum Gasteiger partial charge on any atom is -0.452 e. The molecule has 0 unspecified atom stereocenters. The van der Waals surface area contributed by atoms with Crippen molar-refractivity contribution in [2.24, 2.45) is 0 Å². The zero-order valence-electron chi connectivity index (χ0n) is 19.2. The van der Waals surface area contributed by atoms with E-state index in [0.29, 0.717) is 16.8 Å². The summed E-state index contributed by atoms with van der Waals surface area (Å²) >= 11 is 0. The van der Waals surface area contributed by atoms with E-state index in [1.54, 1.807) is 36.4 Å². The van der Waals surface area contributed by atoms with Gasteiger partial charge in [0.25, 0.3) is 11.8 Å². The fourth-order valence-electron chi connectivity index (χ4n) is 4.25. The summed E-state index contributed by atoms with van der Waals surface area (Å²) in [6, 6.07) is 13.1. The quantitative estimate of drug-likeness (QED) is 0.445. The van der Waals surface area contributed by atoms with Gasteiger partial charge >= 0.3 is 5.97 Å². The van der Waals surface area contributed by atoms with Crippen LogP contribution in [0.5, 0.6) is 0 Å². The van der Waals surface area contributed by atoms with E-state index in [2.05, 4.69) is 10.6 Å². The first kappa shape index (κ1) is 24.1. The van der Waals surface area contributed by atoms with Crippen LogP contribution in [0.4, 0.5) is 5.69 Å². The van der Waals surface area contributed by atoms with Crippen LogP contribution in [0, 0.1) is 0 Å². The second-order valence-electron chi connectivity index (χ2n) is 8.70. The highest BCUT2D eigenvalue weighted by atomic mass is 16.5. The number of nitrogens with one attached hydrogen (secondary N) is 2. The lowest BCUT2D eigenvalue weighted by Crippen LogP contribution is -2.33. The van der Waals surface area contributed by atoms with Gasteiger partial charge in [-0.1, -0.05) is 37.1 Å². The first-order chi connectivity index (χ1) is 16.9. The highest BCUT2D eigenvalue weighted by Gasteiger charge is 2.28. The maximum absolute atomic E-state index is 12.6. The first-order valence-electron chi connectivity index (χ1n) is 11.7. The second-order valence-corrected chi connectivity index (χ2v) is 8.70. The number of benzene rings is 2. The zero-order valence-corrected chi connectivity index (χ0v) is 19.2. The summed E-state index contributed by atoms with van der Waals surface area (Å²) in [5.74, 6) is -1.92. The molecule has 1 aliphatic carbocycles. The van der Waals surface area contributed by atoms with Crippen LogP contribution in [0.25, 0.3) is 0 Å². The second kappa shape index (κ2) is 10.9. The predicted octanol–water partition coefficient (Wildman–Crippen LogP) is 2.80. The van der Waals surface area contributed by atoms with Gasteiger partial charge in [-0.25, -0.2) is 4.79 Å². The van der Waals surface area contributed by atoms with Crippen LogP contribution in [0.15, 0.2) is 48.5 Å². The van der Waals surface area contributed by atoms with Crippen molar-refractivity contribution in [2.75, 3.05) is 11.9 Å². The SMILES string of the molecule is O=C(COC(=O)c1ccc(CN2C(=O)CCC2=O)cc1)Nc1ccccc1C(=O)NC1CCCC1. The van der Waals surface area contributed by atoms with Gasteiger partial charge in [0.1, 0.15) is 0 Å². The van der Waals surface area contributed by atoms with Crippen LogP contribution in [0.1, 0.15) is 64.8 Å². The Morgan fingerprint density at radius 2 is 1.57 bits per heavy atom. The molecule has 2 aromatic rings. The maximum atomic E-state index is 12.6. The molecule has 182 valence electrons. The Balaban J connectivity index is 1.29. The lowest BCUT2D eigenvalue weighted by atomic mass is 10.1. The Morgan fingerprint density at radius 1 is 0.914 bits per heavy atom. The van der Waals surface area contributed by atoms with E-state index < -0.39 is 18.5 Å². The Bertz CT molecular complexity index is 1120. The largest absolute Gasteiger partial charge is 0.452 e. The molecule has 1 aliphatic heterocycles. The van der Waals surface area contributed by atoms with Crippen LogP contribution in [0.2, 0.25) is 0 Å². The van der Waals surface area contributed by atoms with Crippen LogP contribution < -0.4 is 10.6 Å². The Hall–Kier alpha value is -4.01. The highest BCUT2D eigenvalue weighted by molar-refractivity contribution is 6.04. The van der Waals surface area contributed by atoms with Crippen molar-refractivity contribution in [2.45, 2.75) is 51.1 Å². The average molecular weight is 478 g/mol. The standard InChI is InChI=1S/C26H27N3O6/c30-22(28-21-8-4-3-7-20(21)25(33)27-19-5-1-2-6-19)16-35-26(34)18-11-9-17(10-12-18)15-29-23(31)13-14-24(29)32/h3-4,7-12,19H,1-2,5-6,13-16H2,(H,27,33)(H,28,30). The first-order valence-corrected chi connectivity index (χ1v) is 11.7. The molecule has 0 aromatic heterocycles. The molecule has 4 rings (SSSR count). The van der Waals surface area contributed by atoms with Crippen molar-refractivity contribution >= 4 is 35.3 Å². The molecule has 2 aliphatic rings. The van der Waals surface area contributed by atoms with E-state index in [4.69, 9.17) is 4.74 Å². The molecule has 0 spiro atoms. The number of ether oxygens (including phenoxy) is 1. The van der Waals surface area contributed by atoms with Gasteiger partial charge in [0.2, 0.25) is 11.8 Å². The number of likely N-dealkylation sites (tertiary alicyclic amines) is 1. The highest BCUT2D eigenvalue weighted by Crippen LogP contribution is 2.21. The Morgan fingerprint density at radius 3 is 2.26 bits per heavy atom. The van der Waals surface area contributed by atoms with E-state index in [0.717, 1.165) is 25.7 Å². The molecule has 2 fully saturated rings. The monoisotopic (exact) mass is 477 g/mol. The maximum Gasteiger partial charge on any atom is 0.338 e. The van der Waals surface area contributed by atoms with Crippen molar-refractivity contribution < 1.29 is 28.7 Å². The van der Waals surface area contributed by atoms with E-state index in [9.17, 15) is 24.0 Å². The number of hydrogen-bond donors (Lipinski definition) is 2. The number of esters is 1. The third-order valence-corrected chi connectivity index (χ3v) is 6.16. The van der Waals surface area contributed by atoms with Crippen LogP contribution in [-0.2, 0) is 25.7 Å². The molecule has 0 radical (unpaired) electrons. The van der Waals surface area contributed by atoms with Crippen LogP contribution in [0.3, 0.4) is 0 Å². The number of rotatable bonds is 8. The number of carbonyl (C=O) groups is 5. The number of para-hydroxylation sites is 1. The molecule has 35 heavy (non-hydrogen) atoms. The lowest BCUT2D eigenvalue weighted by molar-refractivity contribution is -0.139. The molecular formula is C26H27N3O6. The fourth-order valence-corrected chi connectivity index (χ4v) is 4.25. The van der Waals surface area contributed by atoms with Crippen molar-refractivity contribution in [3.8, 4) is 0 Å². The van der Waals surface area contributed by atoms with Gasteiger partial charge in [0.15, 0.2) is 6.61 Å². The van der Waals surface area contributed by atoms with Crippen molar-refractivity contribution in [1.29, 1.82) is 0 Å². The molecule has 9 heteroatoms. The molecule has 0 bridgehead atoms. The van der Waals surface area contributed by atoms with Gasteiger partial charge in [-0.3, -0.25) is 24.1 Å². The summed E-state index contributed by atoms with van der Waals surface area (Å²) in [6.07, 6.45) is 4.53. The van der Waals surface area contributed by atoms with Gasteiger partial charge in [-0.2, -0.15) is 0 Å². The van der Waals surface area contributed by atoms with Gasteiger partial charge in [0.05, 0.1) is 23.4 Å². The van der Waals surface area contributed by atoms with E-state index in [1.165, 1.54) is 17.0 Å². The fraction of sp³-hybridized carbons (Fsp3) is 0.346. The molecule has 0 atom stereocenters. The number of amides is 4. The van der Waals surface area contributed by atoms with Crippen molar-refractivity contribution in [1.82, 2.24) is 10.2 Å².